The van der Waals surface area contributed by atoms with Crippen LogP contribution in [0.1, 0.15) is 29.4 Å². The molecule has 0 saturated carbocycles. The maximum Gasteiger partial charge on any atom is 0.287 e. The lowest BCUT2D eigenvalue weighted by Gasteiger charge is -2.17. The van der Waals surface area contributed by atoms with E-state index in [0.717, 1.165) is 12.0 Å². The van der Waals surface area contributed by atoms with Gasteiger partial charge in [-0.25, -0.2) is 0 Å². The maximum absolute atomic E-state index is 12.5. The Hall–Kier alpha value is -2.64. The molecule has 0 saturated heterocycles. The SMILES string of the molecule is CCCn1cc([N+](=O)[O-])cc1C(=O)N(C)Cc1cn[nH]c1. The molecule has 1 amide bonds. The lowest BCUT2D eigenvalue weighted by atomic mass is 10.3. The van der Waals surface area contributed by atoms with Crippen LogP contribution in [0.4, 0.5) is 5.69 Å². The minimum absolute atomic E-state index is 0.0662. The van der Waals surface area contributed by atoms with Crippen LogP contribution >= 0.6 is 0 Å². The number of amides is 1. The number of aromatic nitrogens is 3. The molecule has 0 aliphatic rings. The Morgan fingerprint density at radius 2 is 2.33 bits per heavy atom. The Kier molecular flexibility index (Phi) is 4.36. The van der Waals surface area contributed by atoms with E-state index >= 15 is 0 Å². The summed E-state index contributed by atoms with van der Waals surface area (Å²) in [4.78, 5) is 24.4. The van der Waals surface area contributed by atoms with Gasteiger partial charge in [0, 0.05) is 38.0 Å². The molecule has 0 spiro atoms. The third-order valence-electron chi connectivity index (χ3n) is 3.10. The molecular weight excluding hydrogens is 274 g/mol. The summed E-state index contributed by atoms with van der Waals surface area (Å²) in [6.45, 7) is 2.91. The normalized spacial score (nSPS) is 10.6. The number of rotatable bonds is 6. The van der Waals surface area contributed by atoms with Crippen LogP contribution in [0.15, 0.2) is 24.7 Å². The fourth-order valence-electron chi connectivity index (χ4n) is 2.11. The van der Waals surface area contributed by atoms with Crippen molar-refractivity contribution in [3.8, 4) is 0 Å². The zero-order valence-electron chi connectivity index (χ0n) is 11.9. The smallest absolute Gasteiger partial charge is 0.287 e. The van der Waals surface area contributed by atoms with Gasteiger partial charge in [0.05, 0.1) is 17.3 Å². The van der Waals surface area contributed by atoms with Crippen molar-refractivity contribution in [2.75, 3.05) is 7.05 Å². The summed E-state index contributed by atoms with van der Waals surface area (Å²) in [7, 11) is 1.66. The number of carbonyl (C=O) groups is 1. The molecule has 0 atom stereocenters. The second-order valence-corrected chi connectivity index (χ2v) is 4.80. The van der Waals surface area contributed by atoms with Crippen molar-refractivity contribution in [1.82, 2.24) is 19.7 Å². The van der Waals surface area contributed by atoms with Gasteiger partial charge in [-0.05, 0) is 6.42 Å². The molecule has 0 fully saturated rings. The van der Waals surface area contributed by atoms with E-state index in [1.54, 1.807) is 24.0 Å². The van der Waals surface area contributed by atoms with Gasteiger partial charge in [0.2, 0.25) is 0 Å². The van der Waals surface area contributed by atoms with Crippen molar-refractivity contribution >= 4 is 11.6 Å². The zero-order valence-corrected chi connectivity index (χ0v) is 11.9. The monoisotopic (exact) mass is 291 g/mol. The lowest BCUT2D eigenvalue weighted by Crippen LogP contribution is -2.28. The Bertz CT molecular complexity index is 632. The van der Waals surface area contributed by atoms with Crippen molar-refractivity contribution in [3.05, 3.63) is 46.0 Å². The van der Waals surface area contributed by atoms with Crippen LogP contribution in [-0.4, -0.2) is 37.5 Å². The molecule has 2 heterocycles. The maximum atomic E-state index is 12.5. The van der Waals surface area contributed by atoms with Crippen LogP contribution in [0.2, 0.25) is 0 Å². The minimum atomic E-state index is -0.487. The number of carbonyl (C=O) groups excluding carboxylic acids is 1. The summed E-state index contributed by atoms with van der Waals surface area (Å²) >= 11 is 0. The number of nitrogens with one attached hydrogen (secondary N) is 1. The number of nitrogens with zero attached hydrogens (tertiary/aromatic N) is 4. The lowest BCUT2D eigenvalue weighted by molar-refractivity contribution is -0.384. The summed E-state index contributed by atoms with van der Waals surface area (Å²) in [5.41, 5.74) is 1.13. The highest BCUT2D eigenvalue weighted by Gasteiger charge is 2.21. The first-order valence-corrected chi connectivity index (χ1v) is 6.60. The fraction of sp³-hybridized carbons (Fsp3) is 0.385. The summed E-state index contributed by atoms with van der Waals surface area (Å²) in [6.07, 6.45) is 5.54. The summed E-state index contributed by atoms with van der Waals surface area (Å²) in [6, 6.07) is 1.32. The molecule has 0 radical (unpaired) electrons. The molecule has 21 heavy (non-hydrogen) atoms. The third kappa shape index (κ3) is 3.28. The molecule has 112 valence electrons. The second-order valence-electron chi connectivity index (χ2n) is 4.80. The predicted octanol–water partition coefficient (Wildman–Crippen LogP) is 1.80. The molecule has 2 rings (SSSR count). The van der Waals surface area contributed by atoms with Crippen molar-refractivity contribution in [2.45, 2.75) is 26.4 Å². The van der Waals surface area contributed by atoms with E-state index in [4.69, 9.17) is 0 Å². The van der Waals surface area contributed by atoms with Crippen LogP contribution < -0.4 is 0 Å². The fourth-order valence-corrected chi connectivity index (χ4v) is 2.11. The number of nitro groups is 1. The van der Waals surface area contributed by atoms with Gasteiger partial charge in [-0.3, -0.25) is 20.0 Å². The van der Waals surface area contributed by atoms with E-state index in [0.29, 0.717) is 18.8 Å². The number of hydrogen-bond acceptors (Lipinski definition) is 4. The van der Waals surface area contributed by atoms with Crippen LogP contribution in [0.5, 0.6) is 0 Å². The van der Waals surface area contributed by atoms with Gasteiger partial charge in [0.15, 0.2) is 0 Å². The van der Waals surface area contributed by atoms with Gasteiger partial charge in [-0.2, -0.15) is 5.10 Å². The van der Waals surface area contributed by atoms with Gasteiger partial charge >= 0.3 is 0 Å². The molecule has 0 unspecified atom stereocenters. The van der Waals surface area contributed by atoms with Crippen LogP contribution in [0.3, 0.4) is 0 Å². The predicted molar refractivity (Wildman–Crippen MR) is 75.8 cm³/mol. The van der Waals surface area contributed by atoms with Crippen molar-refractivity contribution in [1.29, 1.82) is 0 Å². The highest BCUT2D eigenvalue weighted by molar-refractivity contribution is 5.93. The number of H-pyrrole nitrogens is 1. The van der Waals surface area contributed by atoms with Crippen LogP contribution in [-0.2, 0) is 13.1 Å². The molecule has 0 aromatic carbocycles. The first kappa shape index (κ1) is 14.8. The number of hydrogen-bond donors (Lipinski definition) is 1. The summed E-state index contributed by atoms with van der Waals surface area (Å²) < 4.78 is 1.63. The Morgan fingerprint density at radius 3 is 2.90 bits per heavy atom. The largest absolute Gasteiger partial charge is 0.337 e. The molecule has 1 N–H and O–H groups in total. The molecule has 0 aliphatic carbocycles. The van der Waals surface area contributed by atoms with Crippen LogP contribution in [0, 0.1) is 10.1 Å². The minimum Gasteiger partial charge on any atom is -0.337 e. The topological polar surface area (TPSA) is 97.1 Å². The standard InChI is InChI=1S/C13H17N5O3/c1-3-4-17-9-11(18(20)21)5-12(17)13(19)16(2)8-10-6-14-15-7-10/h5-7,9H,3-4,8H2,1-2H3,(H,14,15). The highest BCUT2D eigenvalue weighted by atomic mass is 16.6. The van der Waals surface area contributed by atoms with Crippen LogP contribution in [0.25, 0.3) is 0 Å². The molecular formula is C13H17N5O3. The highest BCUT2D eigenvalue weighted by Crippen LogP contribution is 2.19. The molecule has 8 nitrogen and oxygen atoms in total. The summed E-state index contributed by atoms with van der Waals surface area (Å²) in [5, 5.41) is 17.4. The average molecular weight is 291 g/mol. The first-order chi connectivity index (χ1) is 10.0. The van der Waals surface area contributed by atoms with Gasteiger partial charge in [-0.1, -0.05) is 6.92 Å². The van der Waals surface area contributed by atoms with E-state index < -0.39 is 4.92 Å². The number of aromatic amines is 1. The Balaban J connectivity index is 2.22. The van der Waals surface area contributed by atoms with Gasteiger partial charge in [0.25, 0.3) is 11.6 Å². The summed E-state index contributed by atoms with van der Waals surface area (Å²) in [5.74, 6) is -0.252. The quantitative estimate of drug-likeness (QED) is 0.648. The number of aryl methyl sites for hydroxylation is 1. The molecule has 2 aromatic rings. The Morgan fingerprint density at radius 1 is 1.57 bits per heavy atom. The third-order valence-corrected chi connectivity index (χ3v) is 3.10. The van der Waals surface area contributed by atoms with Gasteiger partial charge < -0.3 is 9.47 Å². The first-order valence-electron chi connectivity index (χ1n) is 6.60. The Labute approximate surface area is 121 Å². The van der Waals surface area contributed by atoms with E-state index in [1.807, 2.05) is 6.92 Å². The van der Waals surface area contributed by atoms with E-state index in [-0.39, 0.29) is 11.6 Å². The average Bonchev–Trinajstić information content (AvgIpc) is 3.07. The van der Waals surface area contributed by atoms with E-state index in [2.05, 4.69) is 10.2 Å². The molecule has 2 aromatic heterocycles. The van der Waals surface area contributed by atoms with Gasteiger partial charge in [0.1, 0.15) is 5.69 Å². The van der Waals surface area contributed by atoms with Gasteiger partial charge in [-0.15, -0.1) is 0 Å². The van der Waals surface area contributed by atoms with E-state index in [1.165, 1.54) is 17.2 Å². The molecule has 8 heteroatoms. The van der Waals surface area contributed by atoms with Crippen molar-refractivity contribution < 1.29 is 9.72 Å². The van der Waals surface area contributed by atoms with Crippen molar-refractivity contribution in [2.24, 2.45) is 0 Å². The van der Waals surface area contributed by atoms with Crippen molar-refractivity contribution in [3.63, 3.8) is 0 Å². The molecule has 0 aliphatic heterocycles. The second kappa shape index (κ2) is 6.21. The van der Waals surface area contributed by atoms with E-state index in [9.17, 15) is 14.9 Å². The zero-order chi connectivity index (χ0) is 15.4. The molecule has 0 bridgehead atoms.